The van der Waals surface area contributed by atoms with E-state index in [1.165, 1.54) is 12.8 Å². The smallest absolute Gasteiger partial charge is 0.253 e. The molecule has 0 aromatic carbocycles. The molecule has 130 valence electrons. The molecule has 0 aliphatic carbocycles. The highest BCUT2D eigenvalue weighted by Crippen LogP contribution is 2.30. The fraction of sp³-hybridized carbons (Fsp3) is 0.353. The molecule has 25 heavy (non-hydrogen) atoms. The summed E-state index contributed by atoms with van der Waals surface area (Å²) in [6.45, 7) is 1.66. The van der Waals surface area contributed by atoms with E-state index in [-0.39, 0.29) is 5.91 Å². The third-order valence-corrected chi connectivity index (χ3v) is 5.99. The Hall–Kier alpha value is -1.77. The number of fused-ring (bicyclic) bond motifs is 1. The van der Waals surface area contributed by atoms with Crippen molar-refractivity contribution in [2.24, 2.45) is 0 Å². The van der Waals surface area contributed by atoms with Gasteiger partial charge in [0, 0.05) is 18.8 Å². The summed E-state index contributed by atoms with van der Waals surface area (Å²) in [6, 6.07) is 6.04. The maximum absolute atomic E-state index is 12.6. The normalized spacial score (nSPS) is 17.7. The van der Waals surface area contributed by atoms with Crippen LogP contribution in [0.15, 0.2) is 28.2 Å². The number of aromatic amines is 1. The molecule has 0 radical (unpaired) electrons. The largest absolute Gasteiger partial charge is 0.350 e. The number of thiophene rings is 1. The van der Waals surface area contributed by atoms with Gasteiger partial charge in [0.1, 0.15) is 11.3 Å². The van der Waals surface area contributed by atoms with Crippen LogP contribution in [0.2, 0.25) is 0 Å². The van der Waals surface area contributed by atoms with Crippen LogP contribution >= 0.6 is 27.3 Å². The molecular weight excluding hydrogens is 402 g/mol. The Morgan fingerprint density at radius 2 is 2.28 bits per heavy atom. The Bertz CT molecular complexity index is 899. The maximum atomic E-state index is 12.6. The molecule has 6 nitrogen and oxygen atoms in total. The van der Waals surface area contributed by atoms with Crippen molar-refractivity contribution in [1.29, 1.82) is 0 Å². The van der Waals surface area contributed by atoms with Gasteiger partial charge in [-0.3, -0.25) is 4.79 Å². The number of hydrogen-bond acceptors (Lipinski definition) is 5. The lowest BCUT2D eigenvalue weighted by atomic mass is 10.1. The van der Waals surface area contributed by atoms with Gasteiger partial charge in [-0.15, -0.1) is 11.3 Å². The molecule has 3 aromatic rings. The van der Waals surface area contributed by atoms with Crippen LogP contribution in [-0.4, -0.2) is 40.0 Å². The second-order valence-electron chi connectivity index (χ2n) is 6.10. The summed E-state index contributed by atoms with van der Waals surface area (Å²) in [7, 11) is 0. The van der Waals surface area contributed by atoms with Crippen molar-refractivity contribution in [2.75, 3.05) is 13.1 Å². The maximum Gasteiger partial charge on any atom is 0.253 e. The zero-order chi connectivity index (χ0) is 17.2. The SMILES string of the molecule is O=C(NCC1CCCCN1)c1ccnc2[nH]c(-c3ccc(Br)s3)nc12. The lowest BCUT2D eigenvalue weighted by Gasteiger charge is -2.23. The van der Waals surface area contributed by atoms with Gasteiger partial charge < -0.3 is 15.6 Å². The predicted molar refractivity (Wildman–Crippen MR) is 103 cm³/mol. The summed E-state index contributed by atoms with van der Waals surface area (Å²) in [5, 5.41) is 6.47. The summed E-state index contributed by atoms with van der Waals surface area (Å²) in [5.74, 6) is 0.623. The van der Waals surface area contributed by atoms with Crippen molar-refractivity contribution < 1.29 is 4.79 Å². The molecule has 1 saturated heterocycles. The van der Waals surface area contributed by atoms with Crippen molar-refractivity contribution in [2.45, 2.75) is 25.3 Å². The molecule has 8 heteroatoms. The third-order valence-electron chi connectivity index (χ3n) is 4.36. The number of pyridine rings is 1. The Kier molecular flexibility index (Phi) is 4.82. The van der Waals surface area contributed by atoms with Crippen molar-refractivity contribution in [3.8, 4) is 10.7 Å². The Morgan fingerprint density at radius 1 is 1.36 bits per heavy atom. The van der Waals surface area contributed by atoms with E-state index in [4.69, 9.17) is 0 Å². The van der Waals surface area contributed by atoms with Gasteiger partial charge in [0.25, 0.3) is 5.91 Å². The van der Waals surface area contributed by atoms with Crippen LogP contribution in [0.3, 0.4) is 0 Å². The number of nitrogens with one attached hydrogen (secondary N) is 3. The molecule has 1 aliphatic rings. The first-order valence-corrected chi connectivity index (χ1v) is 9.93. The predicted octanol–water partition coefficient (Wildman–Crippen LogP) is 3.32. The van der Waals surface area contributed by atoms with Crippen LogP contribution in [0.5, 0.6) is 0 Å². The van der Waals surface area contributed by atoms with Crippen LogP contribution in [0.25, 0.3) is 21.9 Å². The minimum atomic E-state index is -0.106. The van der Waals surface area contributed by atoms with Crippen molar-refractivity contribution in [3.63, 3.8) is 0 Å². The summed E-state index contributed by atoms with van der Waals surface area (Å²) >= 11 is 5.05. The number of H-pyrrole nitrogens is 1. The number of rotatable bonds is 4. The Labute approximate surface area is 157 Å². The molecule has 4 heterocycles. The lowest BCUT2D eigenvalue weighted by molar-refractivity contribution is 0.0949. The number of hydrogen-bond donors (Lipinski definition) is 3. The van der Waals surface area contributed by atoms with Gasteiger partial charge in [0.15, 0.2) is 5.65 Å². The minimum Gasteiger partial charge on any atom is -0.350 e. The standard InChI is InChI=1S/C17H18BrN5OS/c18-13-5-4-12(25-13)15-22-14-11(6-8-20-16(14)23-15)17(24)21-9-10-3-1-2-7-19-10/h4-6,8,10,19H,1-3,7,9H2,(H,21,24)(H,20,22,23). The first kappa shape index (κ1) is 16.7. The highest BCUT2D eigenvalue weighted by molar-refractivity contribution is 9.11. The molecule has 1 amide bonds. The highest BCUT2D eigenvalue weighted by Gasteiger charge is 2.18. The van der Waals surface area contributed by atoms with Gasteiger partial charge in [-0.1, -0.05) is 6.42 Å². The Morgan fingerprint density at radius 3 is 3.04 bits per heavy atom. The van der Waals surface area contributed by atoms with Gasteiger partial charge in [-0.25, -0.2) is 9.97 Å². The van der Waals surface area contributed by atoms with E-state index in [0.29, 0.717) is 29.3 Å². The molecule has 0 bridgehead atoms. The Balaban J connectivity index is 1.56. The van der Waals surface area contributed by atoms with Gasteiger partial charge in [-0.2, -0.15) is 0 Å². The molecule has 0 spiro atoms. The number of aromatic nitrogens is 3. The summed E-state index contributed by atoms with van der Waals surface area (Å²) in [4.78, 5) is 25.7. The zero-order valence-electron chi connectivity index (χ0n) is 13.5. The summed E-state index contributed by atoms with van der Waals surface area (Å²) in [6.07, 6.45) is 5.17. The molecule has 1 unspecified atom stereocenters. The van der Waals surface area contributed by atoms with E-state index in [0.717, 1.165) is 27.5 Å². The fourth-order valence-electron chi connectivity index (χ4n) is 3.06. The highest BCUT2D eigenvalue weighted by atomic mass is 79.9. The minimum absolute atomic E-state index is 0.106. The van der Waals surface area contributed by atoms with E-state index < -0.39 is 0 Å². The lowest BCUT2D eigenvalue weighted by Crippen LogP contribution is -2.43. The number of imidazole rings is 1. The van der Waals surface area contributed by atoms with Gasteiger partial charge in [0.2, 0.25) is 0 Å². The van der Waals surface area contributed by atoms with Crippen molar-refractivity contribution in [1.82, 2.24) is 25.6 Å². The van der Waals surface area contributed by atoms with Crippen molar-refractivity contribution >= 4 is 44.3 Å². The van der Waals surface area contributed by atoms with Crippen LogP contribution in [0.1, 0.15) is 29.6 Å². The van der Waals surface area contributed by atoms with E-state index in [1.54, 1.807) is 23.6 Å². The van der Waals surface area contributed by atoms with Gasteiger partial charge in [0.05, 0.1) is 14.2 Å². The van der Waals surface area contributed by atoms with Crippen LogP contribution < -0.4 is 10.6 Å². The van der Waals surface area contributed by atoms with E-state index in [1.807, 2.05) is 12.1 Å². The average Bonchev–Trinajstić information content (AvgIpc) is 3.26. The van der Waals surface area contributed by atoms with Gasteiger partial charge >= 0.3 is 0 Å². The second-order valence-corrected chi connectivity index (χ2v) is 8.56. The van der Waals surface area contributed by atoms with E-state index >= 15 is 0 Å². The average molecular weight is 420 g/mol. The number of carbonyl (C=O) groups is 1. The number of nitrogens with zero attached hydrogens (tertiary/aromatic N) is 2. The van der Waals surface area contributed by atoms with Gasteiger partial charge in [-0.05, 0) is 53.5 Å². The molecule has 1 atom stereocenters. The molecular formula is C17H18BrN5OS. The molecule has 1 fully saturated rings. The molecule has 3 N–H and O–H groups in total. The van der Waals surface area contributed by atoms with Crippen molar-refractivity contribution in [3.05, 3.63) is 33.7 Å². The molecule has 1 aliphatic heterocycles. The fourth-order valence-corrected chi connectivity index (χ4v) is 4.39. The monoisotopic (exact) mass is 419 g/mol. The van der Waals surface area contributed by atoms with Crippen LogP contribution in [-0.2, 0) is 0 Å². The molecule has 0 saturated carbocycles. The third kappa shape index (κ3) is 3.61. The van der Waals surface area contributed by atoms with E-state index in [2.05, 4.69) is 41.5 Å². The quantitative estimate of drug-likeness (QED) is 0.605. The number of amides is 1. The first-order valence-electron chi connectivity index (χ1n) is 8.33. The topological polar surface area (TPSA) is 82.7 Å². The van der Waals surface area contributed by atoms with Crippen LogP contribution in [0.4, 0.5) is 0 Å². The van der Waals surface area contributed by atoms with Crippen LogP contribution in [0, 0.1) is 0 Å². The summed E-state index contributed by atoms with van der Waals surface area (Å²) < 4.78 is 1.04. The second kappa shape index (κ2) is 7.23. The molecule has 4 rings (SSSR count). The zero-order valence-corrected chi connectivity index (χ0v) is 15.9. The number of halogens is 1. The number of piperidine rings is 1. The first-order chi connectivity index (χ1) is 12.2. The van der Waals surface area contributed by atoms with E-state index in [9.17, 15) is 4.79 Å². The molecule has 3 aromatic heterocycles. The summed E-state index contributed by atoms with van der Waals surface area (Å²) in [5.41, 5.74) is 1.79. The number of carbonyl (C=O) groups excluding carboxylic acids is 1.